The second kappa shape index (κ2) is 4.60. The summed E-state index contributed by atoms with van der Waals surface area (Å²) in [6.07, 6.45) is 1.61. The van der Waals surface area contributed by atoms with Gasteiger partial charge in [-0.1, -0.05) is 24.3 Å². The van der Waals surface area contributed by atoms with Crippen LogP contribution in [0.3, 0.4) is 0 Å². The zero-order chi connectivity index (χ0) is 18.3. The van der Waals surface area contributed by atoms with E-state index in [9.17, 15) is 15.5 Å². The van der Waals surface area contributed by atoms with Crippen molar-refractivity contribution >= 4 is 10.8 Å². The first kappa shape index (κ1) is 15.3. The highest BCUT2D eigenvalue weighted by Gasteiger charge is 2.59. The minimum absolute atomic E-state index is 0.0123. The van der Waals surface area contributed by atoms with Crippen LogP contribution in [-0.2, 0) is 15.9 Å². The lowest BCUT2D eigenvalue weighted by Crippen LogP contribution is -2.17. The second-order valence-electron chi connectivity index (χ2n) is 7.59. The van der Waals surface area contributed by atoms with Crippen LogP contribution < -0.4 is 0 Å². The summed E-state index contributed by atoms with van der Waals surface area (Å²) < 4.78 is 7.64. The van der Waals surface area contributed by atoms with E-state index in [1.54, 1.807) is 12.1 Å². The molecule has 2 aliphatic heterocycles. The van der Waals surface area contributed by atoms with Gasteiger partial charge in [-0.2, -0.15) is 5.26 Å². The standard InChI is InChI=1S/C21H18N2O3/c1-20-9-10-21(2,26-20)17-16(20)18(24)23(19(17)25)15-8-7-12(11-22)13-5-3-4-6-14(13)15/h3-8,24-25H,9-10H2,1-2H3/t20-,21+. The summed E-state index contributed by atoms with van der Waals surface area (Å²) in [5, 5.41) is 33.0. The maximum atomic E-state index is 11.0. The van der Waals surface area contributed by atoms with Gasteiger partial charge in [-0.15, -0.1) is 0 Å². The molecule has 1 aromatic heterocycles. The molecule has 1 saturated heterocycles. The molecule has 2 N–H and O–H groups in total. The van der Waals surface area contributed by atoms with Crippen LogP contribution in [0.1, 0.15) is 43.4 Å². The highest BCUT2D eigenvalue weighted by atomic mass is 16.5. The van der Waals surface area contributed by atoms with Gasteiger partial charge >= 0.3 is 0 Å². The van der Waals surface area contributed by atoms with Gasteiger partial charge in [0, 0.05) is 10.8 Å². The molecular weight excluding hydrogens is 328 g/mol. The van der Waals surface area contributed by atoms with Crippen molar-refractivity contribution in [2.75, 3.05) is 0 Å². The SMILES string of the molecule is C[C@]12CC[C@](C)(O1)c1c2c(O)n(-c2ccc(C#N)c3ccccc23)c1O. The molecule has 5 nitrogen and oxygen atoms in total. The first-order valence-electron chi connectivity index (χ1n) is 8.70. The summed E-state index contributed by atoms with van der Waals surface area (Å²) >= 11 is 0. The van der Waals surface area contributed by atoms with Crippen LogP contribution in [0.4, 0.5) is 0 Å². The monoisotopic (exact) mass is 346 g/mol. The van der Waals surface area contributed by atoms with Crippen LogP contribution in [0.2, 0.25) is 0 Å². The van der Waals surface area contributed by atoms with Crippen LogP contribution in [0.15, 0.2) is 36.4 Å². The Hall–Kier alpha value is -2.97. The van der Waals surface area contributed by atoms with Crippen LogP contribution in [0.25, 0.3) is 16.5 Å². The van der Waals surface area contributed by atoms with Gasteiger partial charge in [-0.05, 0) is 38.8 Å². The van der Waals surface area contributed by atoms with Gasteiger partial charge in [0.1, 0.15) is 0 Å². The lowest BCUT2D eigenvalue weighted by atomic mass is 9.80. The van der Waals surface area contributed by atoms with E-state index in [2.05, 4.69) is 6.07 Å². The molecule has 2 atom stereocenters. The average molecular weight is 346 g/mol. The Labute approximate surface area is 150 Å². The molecule has 5 heteroatoms. The van der Waals surface area contributed by atoms with E-state index in [0.29, 0.717) is 22.4 Å². The zero-order valence-electron chi connectivity index (χ0n) is 14.6. The number of fused-ring (bicyclic) bond motifs is 6. The third-order valence-corrected chi connectivity index (χ3v) is 5.97. The Kier molecular flexibility index (Phi) is 2.71. The van der Waals surface area contributed by atoms with E-state index >= 15 is 0 Å². The summed E-state index contributed by atoms with van der Waals surface area (Å²) in [6.45, 7) is 3.93. The normalized spacial score (nSPS) is 26.2. The molecule has 0 radical (unpaired) electrons. The van der Waals surface area contributed by atoms with Crippen LogP contribution in [-0.4, -0.2) is 14.8 Å². The lowest BCUT2D eigenvalue weighted by molar-refractivity contribution is -0.0683. The molecular formula is C21H18N2O3. The van der Waals surface area contributed by atoms with Gasteiger partial charge in [0.15, 0.2) is 0 Å². The summed E-state index contributed by atoms with van der Waals surface area (Å²) in [5.41, 5.74) is 1.40. The molecule has 130 valence electrons. The maximum Gasteiger partial charge on any atom is 0.205 e. The van der Waals surface area contributed by atoms with Gasteiger partial charge in [0.05, 0.1) is 39.6 Å². The van der Waals surface area contributed by atoms with Crippen molar-refractivity contribution in [3.05, 3.63) is 53.1 Å². The maximum absolute atomic E-state index is 11.0. The van der Waals surface area contributed by atoms with Gasteiger partial charge in [-0.3, -0.25) is 4.57 Å². The third-order valence-electron chi connectivity index (χ3n) is 5.97. The molecule has 2 aromatic carbocycles. The molecule has 0 unspecified atom stereocenters. The second-order valence-corrected chi connectivity index (χ2v) is 7.59. The summed E-state index contributed by atoms with van der Waals surface area (Å²) in [5.74, 6) is 0.0246. The fraction of sp³-hybridized carbons (Fsp3) is 0.286. The number of ether oxygens (including phenoxy) is 1. The van der Waals surface area contributed by atoms with Crippen molar-refractivity contribution in [1.82, 2.24) is 4.57 Å². The van der Waals surface area contributed by atoms with Crippen molar-refractivity contribution in [1.29, 1.82) is 5.26 Å². The van der Waals surface area contributed by atoms with Crippen molar-refractivity contribution in [2.45, 2.75) is 37.9 Å². The minimum Gasteiger partial charge on any atom is -0.494 e. The predicted molar refractivity (Wildman–Crippen MR) is 96.3 cm³/mol. The molecule has 3 heterocycles. The van der Waals surface area contributed by atoms with Gasteiger partial charge in [0.25, 0.3) is 0 Å². The minimum atomic E-state index is -0.584. The highest BCUT2D eigenvalue weighted by Crippen LogP contribution is 2.64. The van der Waals surface area contributed by atoms with E-state index in [-0.39, 0.29) is 11.8 Å². The molecule has 2 aliphatic rings. The summed E-state index contributed by atoms with van der Waals surface area (Å²) in [7, 11) is 0. The number of aromatic nitrogens is 1. The van der Waals surface area contributed by atoms with Gasteiger partial charge in [0.2, 0.25) is 11.8 Å². The molecule has 0 saturated carbocycles. The van der Waals surface area contributed by atoms with Crippen molar-refractivity contribution in [3.63, 3.8) is 0 Å². The van der Waals surface area contributed by atoms with Crippen LogP contribution >= 0.6 is 0 Å². The van der Waals surface area contributed by atoms with Crippen molar-refractivity contribution < 1.29 is 14.9 Å². The smallest absolute Gasteiger partial charge is 0.205 e. The number of aromatic hydroxyl groups is 2. The largest absolute Gasteiger partial charge is 0.494 e. The zero-order valence-corrected chi connectivity index (χ0v) is 14.6. The Morgan fingerprint density at radius 3 is 2.12 bits per heavy atom. The van der Waals surface area contributed by atoms with E-state index in [0.717, 1.165) is 23.6 Å². The van der Waals surface area contributed by atoms with E-state index in [1.165, 1.54) is 4.57 Å². The quantitative estimate of drug-likeness (QED) is 0.693. The van der Waals surface area contributed by atoms with Crippen molar-refractivity contribution in [2.24, 2.45) is 0 Å². The Bertz CT molecular complexity index is 1100. The molecule has 2 bridgehead atoms. The third kappa shape index (κ3) is 1.63. The summed E-state index contributed by atoms with van der Waals surface area (Å²) in [4.78, 5) is 0. The van der Waals surface area contributed by atoms with Crippen LogP contribution in [0, 0.1) is 11.3 Å². The highest BCUT2D eigenvalue weighted by molar-refractivity contribution is 5.95. The molecule has 5 rings (SSSR count). The fourth-order valence-electron chi connectivity index (χ4n) is 4.78. The number of hydrogen-bond donors (Lipinski definition) is 2. The topological polar surface area (TPSA) is 78.4 Å². The summed E-state index contributed by atoms with van der Waals surface area (Å²) in [6, 6.07) is 13.2. The van der Waals surface area contributed by atoms with E-state index < -0.39 is 11.2 Å². The van der Waals surface area contributed by atoms with Crippen molar-refractivity contribution in [3.8, 4) is 23.5 Å². The van der Waals surface area contributed by atoms with E-state index in [1.807, 2.05) is 38.1 Å². The number of nitriles is 1. The predicted octanol–water partition coefficient (Wildman–Crippen LogP) is 4.17. The lowest BCUT2D eigenvalue weighted by Gasteiger charge is -2.21. The first-order chi connectivity index (χ1) is 12.4. The molecule has 3 aromatic rings. The van der Waals surface area contributed by atoms with E-state index in [4.69, 9.17) is 4.74 Å². The Morgan fingerprint density at radius 1 is 0.962 bits per heavy atom. The Morgan fingerprint density at radius 2 is 1.54 bits per heavy atom. The molecule has 0 amide bonds. The molecule has 0 aliphatic carbocycles. The van der Waals surface area contributed by atoms with Crippen LogP contribution in [0.5, 0.6) is 11.8 Å². The van der Waals surface area contributed by atoms with Gasteiger partial charge < -0.3 is 14.9 Å². The number of benzene rings is 2. The molecule has 26 heavy (non-hydrogen) atoms. The molecule has 0 spiro atoms. The number of hydrogen-bond acceptors (Lipinski definition) is 4. The fourth-order valence-corrected chi connectivity index (χ4v) is 4.78. The van der Waals surface area contributed by atoms with Gasteiger partial charge in [-0.25, -0.2) is 0 Å². The average Bonchev–Trinajstić information content (AvgIpc) is 3.18. The first-order valence-corrected chi connectivity index (χ1v) is 8.70. The molecule has 1 fully saturated rings. The Balaban J connectivity index is 1.86. The number of rotatable bonds is 1. The number of nitrogens with zero attached hydrogens (tertiary/aromatic N) is 2.